The molecule has 3 aliphatic carbocycles. The van der Waals surface area contributed by atoms with Crippen molar-refractivity contribution in [2.24, 2.45) is 0 Å². The first kappa shape index (κ1) is 33.9. The SMILES string of the molecule is CC1(C)c2ccccc2-c2cc3c(cc21)-c1cc(-c2cccc(-c4cccc(-c5cc(-c6ccccc6)nc(-c6ccccc6)n5)c4)c2)ccc1C31CCCCC1. The van der Waals surface area contributed by atoms with Crippen LogP contribution in [0.15, 0.2) is 170 Å². The second-order valence-corrected chi connectivity index (χ2v) is 16.9. The summed E-state index contributed by atoms with van der Waals surface area (Å²) < 4.78 is 0. The van der Waals surface area contributed by atoms with Gasteiger partial charge in [-0.2, -0.15) is 0 Å². The first-order valence-corrected chi connectivity index (χ1v) is 20.6. The van der Waals surface area contributed by atoms with Gasteiger partial charge in [-0.1, -0.05) is 167 Å². The molecule has 274 valence electrons. The van der Waals surface area contributed by atoms with Gasteiger partial charge in [-0.15, -0.1) is 0 Å². The van der Waals surface area contributed by atoms with Crippen molar-refractivity contribution < 1.29 is 0 Å². The van der Waals surface area contributed by atoms with Gasteiger partial charge in [0.2, 0.25) is 0 Å². The number of hydrogen-bond donors (Lipinski definition) is 0. The molecule has 1 saturated carbocycles. The van der Waals surface area contributed by atoms with Crippen LogP contribution >= 0.6 is 0 Å². The third kappa shape index (κ3) is 5.46. The molecule has 0 saturated heterocycles. The summed E-state index contributed by atoms with van der Waals surface area (Å²) in [5, 5.41) is 0. The first-order chi connectivity index (χ1) is 28.0. The second-order valence-electron chi connectivity index (χ2n) is 16.9. The Labute approximate surface area is 336 Å². The third-order valence-corrected chi connectivity index (χ3v) is 13.3. The Morgan fingerprint density at radius 2 is 0.877 bits per heavy atom. The highest BCUT2D eigenvalue weighted by Crippen LogP contribution is 2.60. The van der Waals surface area contributed by atoms with Crippen LogP contribution in [0, 0.1) is 0 Å². The summed E-state index contributed by atoms with van der Waals surface area (Å²) in [5.41, 5.74) is 21.6. The van der Waals surface area contributed by atoms with Crippen LogP contribution in [0.5, 0.6) is 0 Å². The van der Waals surface area contributed by atoms with Gasteiger partial charge in [0.05, 0.1) is 11.4 Å². The van der Waals surface area contributed by atoms with E-state index in [0.717, 1.165) is 33.9 Å². The predicted octanol–water partition coefficient (Wildman–Crippen LogP) is 14.3. The number of nitrogens with zero attached hydrogens (tertiary/aromatic N) is 2. The zero-order chi connectivity index (χ0) is 38.1. The number of benzene rings is 7. The lowest BCUT2D eigenvalue weighted by Crippen LogP contribution is -2.28. The lowest BCUT2D eigenvalue weighted by Gasteiger charge is -2.36. The minimum atomic E-state index is -0.0259. The van der Waals surface area contributed by atoms with Crippen molar-refractivity contribution in [2.45, 2.75) is 56.8 Å². The fourth-order valence-corrected chi connectivity index (χ4v) is 10.4. The van der Waals surface area contributed by atoms with Gasteiger partial charge >= 0.3 is 0 Å². The van der Waals surface area contributed by atoms with E-state index in [2.05, 4.69) is 159 Å². The lowest BCUT2D eigenvalue weighted by molar-refractivity contribution is 0.353. The molecule has 0 unspecified atom stereocenters. The van der Waals surface area contributed by atoms with Crippen LogP contribution < -0.4 is 0 Å². The van der Waals surface area contributed by atoms with Gasteiger partial charge in [0.1, 0.15) is 0 Å². The topological polar surface area (TPSA) is 25.8 Å². The summed E-state index contributed by atoms with van der Waals surface area (Å²) >= 11 is 0. The molecule has 11 rings (SSSR count). The van der Waals surface area contributed by atoms with E-state index >= 15 is 0 Å². The van der Waals surface area contributed by atoms with Crippen molar-refractivity contribution in [1.82, 2.24) is 9.97 Å². The average molecular weight is 733 g/mol. The van der Waals surface area contributed by atoms with Gasteiger partial charge < -0.3 is 0 Å². The summed E-state index contributed by atoms with van der Waals surface area (Å²) in [6, 6.07) is 62.3. The van der Waals surface area contributed by atoms with Gasteiger partial charge in [0.25, 0.3) is 0 Å². The van der Waals surface area contributed by atoms with E-state index in [1.807, 2.05) is 24.3 Å². The lowest BCUT2D eigenvalue weighted by atomic mass is 9.67. The minimum Gasteiger partial charge on any atom is -0.228 e. The monoisotopic (exact) mass is 732 g/mol. The van der Waals surface area contributed by atoms with Crippen molar-refractivity contribution in [3.05, 3.63) is 192 Å². The Hall–Kier alpha value is -6.38. The van der Waals surface area contributed by atoms with E-state index in [1.54, 1.807) is 5.56 Å². The number of fused-ring (bicyclic) bond motifs is 8. The van der Waals surface area contributed by atoms with Gasteiger partial charge in [-0.25, -0.2) is 9.97 Å². The Kier molecular flexibility index (Phi) is 7.80. The van der Waals surface area contributed by atoms with Crippen molar-refractivity contribution in [1.29, 1.82) is 0 Å². The molecule has 0 atom stereocenters. The molecule has 0 aliphatic heterocycles. The smallest absolute Gasteiger partial charge is 0.160 e. The maximum absolute atomic E-state index is 5.12. The zero-order valence-electron chi connectivity index (χ0n) is 32.6. The van der Waals surface area contributed by atoms with E-state index in [0.29, 0.717) is 0 Å². The number of aromatic nitrogens is 2. The molecule has 1 heterocycles. The van der Waals surface area contributed by atoms with Gasteiger partial charge in [-0.05, 0) is 116 Å². The first-order valence-electron chi connectivity index (χ1n) is 20.6. The summed E-state index contributed by atoms with van der Waals surface area (Å²) in [4.78, 5) is 10.1. The van der Waals surface area contributed by atoms with Gasteiger partial charge in [-0.3, -0.25) is 0 Å². The van der Waals surface area contributed by atoms with Crippen LogP contribution in [0.3, 0.4) is 0 Å². The van der Waals surface area contributed by atoms with Crippen LogP contribution in [0.4, 0.5) is 0 Å². The predicted molar refractivity (Wildman–Crippen MR) is 236 cm³/mol. The summed E-state index contributed by atoms with van der Waals surface area (Å²) in [6.45, 7) is 4.81. The molecule has 0 amide bonds. The Morgan fingerprint density at radius 1 is 0.351 bits per heavy atom. The molecule has 57 heavy (non-hydrogen) atoms. The molecule has 1 fully saturated rings. The van der Waals surface area contributed by atoms with Gasteiger partial charge in [0.15, 0.2) is 5.82 Å². The highest BCUT2D eigenvalue weighted by molar-refractivity contribution is 5.91. The fourth-order valence-electron chi connectivity index (χ4n) is 10.4. The van der Waals surface area contributed by atoms with Crippen molar-refractivity contribution in [3.63, 3.8) is 0 Å². The molecule has 0 N–H and O–H groups in total. The molecule has 2 heteroatoms. The van der Waals surface area contributed by atoms with Crippen LogP contribution in [-0.4, -0.2) is 9.97 Å². The van der Waals surface area contributed by atoms with Crippen LogP contribution in [0.25, 0.3) is 78.4 Å². The number of hydrogen-bond acceptors (Lipinski definition) is 2. The summed E-state index contributed by atoms with van der Waals surface area (Å²) in [5.74, 6) is 0.727. The van der Waals surface area contributed by atoms with Gasteiger partial charge in [0, 0.05) is 27.5 Å². The van der Waals surface area contributed by atoms with Crippen LogP contribution in [-0.2, 0) is 10.8 Å². The average Bonchev–Trinajstić information content (AvgIpc) is 3.66. The van der Waals surface area contributed by atoms with Crippen LogP contribution in [0.2, 0.25) is 0 Å². The minimum absolute atomic E-state index is 0.0259. The van der Waals surface area contributed by atoms with E-state index in [1.165, 1.54) is 93.3 Å². The molecule has 3 aliphatic rings. The molecule has 8 aromatic rings. The van der Waals surface area contributed by atoms with Crippen LogP contribution in [0.1, 0.15) is 68.2 Å². The normalized spacial score (nSPS) is 15.5. The molecule has 0 bridgehead atoms. The Balaban J connectivity index is 0.992. The zero-order valence-corrected chi connectivity index (χ0v) is 32.6. The molecule has 1 spiro atoms. The molecule has 2 nitrogen and oxygen atoms in total. The highest BCUT2D eigenvalue weighted by Gasteiger charge is 2.46. The van der Waals surface area contributed by atoms with Crippen molar-refractivity contribution in [3.8, 4) is 78.4 Å². The second kappa shape index (κ2) is 13.1. The quantitative estimate of drug-likeness (QED) is 0.176. The standard InChI is InChI=1S/C55H44N2/c1-54(2)47-25-11-10-24-43(47)45-34-50-46(33-49(45)54)44-32-41(26-27-48(44)55(50)28-12-5-13-29-55)39-21-14-20-38(30-39)40-22-15-23-42(31-40)52-35-51(36-16-6-3-7-17-36)56-53(57-52)37-18-8-4-9-19-37/h3-4,6-11,14-27,30-35H,5,12-13,28-29H2,1-2H3. The molecule has 0 radical (unpaired) electrons. The summed E-state index contributed by atoms with van der Waals surface area (Å²) in [7, 11) is 0. The van der Waals surface area contributed by atoms with E-state index < -0.39 is 0 Å². The van der Waals surface area contributed by atoms with E-state index in [4.69, 9.17) is 9.97 Å². The third-order valence-electron chi connectivity index (χ3n) is 13.3. The molecular weight excluding hydrogens is 689 g/mol. The van der Waals surface area contributed by atoms with E-state index in [9.17, 15) is 0 Å². The Bertz CT molecular complexity index is 2780. The Morgan fingerprint density at radius 3 is 1.60 bits per heavy atom. The molecular formula is C55H44N2. The largest absolute Gasteiger partial charge is 0.228 e. The highest BCUT2D eigenvalue weighted by atomic mass is 14.9. The number of rotatable bonds is 5. The molecule has 1 aromatic heterocycles. The van der Waals surface area contributed by atoms with E-state index in [-0.39, 0.29) is 10.8 Å². The molecule has 7 aromatic carbocycles. The maximum atomic E-state index is 5.12. The summed E-state index contributed by atoms with van der Waals surface area (Å²) in [6.07, 6.45) is 6.37. The fraction of sp³-hybridized carbons (Fsp3) is 0.164. The maximum Gasteiger partial charge on any atom is 0.160 e. The van der Waals surface area contributed by atoms with Crippen molar-refractivity contribution >= 4 is 0 Å². The van der Waals surface area contributed by atoms with Crippen molar-refractivity contribution in [2.75, 3.05) is 0 Å².